The van der Waals surface area contributed by atoms with Crippen LogP contribution < -0.4 is 0 Å². The van der Waals surface area contributed by atoms with Gasteiger partial charge in [-0.25, -0.2) is 0 Å². The number of hydrogen-bond acceptors (Lipinski definition) is 2. The second-order valence-corrected chi connectivity index (χ2v) is 2.86. The van der Waals surface area contributed by atoms with Gasteiger partial charge < -0.3 is 0 Å². The normalized spacial score (nSPS) is 10.2. The van der Waals surface area contributed by atoms with E-state index in [1.54, 1.807) is 6.92 Å². The van der Waals surface area contributed by atoms with Gasteiger partial charge in [-0.05, 0) is 6.42 Å². The van der Waals surface area contributed by atoms with Crippen molar-refractivity contribution in [2.75, 3.05) is 5.75 Å². The number of rotatable bonds is 2. The van der Waals surface area contributed by atoms with E-state index in [-0.39, 0.29) is 22.5 Å². The van der Waals surface area contributed by atoms with E-state index in [0.29, 0.717) is 6.42 Å². The van der Waals surface area contributed by atoms with Gasteiger partial charge in [-0.2, -0.15) is 8.42 Å². The molecule has 0 unspecified atom stereocenters. The molecule has 0 aliphatic carbocycles. The monoisotopic (exact) mass is 183 g/mol. The Morgan fingerprint density at radius 2 is 1.88 bits per heavy atom. The van der Waals surface area contributed by atoms with E-state index >= 15 is 0 Å². The van der Waals surface area contributed by atoms with Crippen molar-refractivity contribution in [2.24, 2.45) is 0 Å². The summed E-state index contributed by atoms with van der Waals surface area (Å²) in [5.41, 5.74) is 0. The van der Waals surface area contributed by atoms with E-state index in [2.05, 4.69) is 0 Å². The van der Waals surface area contributed by atoms with Crippen molar-refractivity contribution >= 4 is 10.1 Å². The molecular weight excluding hydrogens is 175 g/mol. The average Bonchev–Trinajstić information content (AvgIpc) is 1.30. The van der Waals surface area contributed by atoms with Crippen LogP contribution in [0.4, 0.5) is 0 Å². The van der Waals surface area contributed by atoms with Crippen LogP contribution in [0, 0.1) is 0 Å². The first-order chi connectivity index (χ1) is 3.06. The fourth-order valence-corrected chi connectivity index (χ4v) is 0.774. The molecule has 3 nitrogen and oxygen atoms in total. The third-order valence-electron chi connectivity index (χ3n) is 0.462. The first-order valence-electron chi connectivity index (χ1n) is 2.01. The van der Waals surface area contributed by atoms with Crippen molar-refractivity contribution in [2.45, 2.75) is 13.3 Å². The first-order valence-corrected chi connectivity index (χ1v) is 3.62. The van der Waals surface area contributed by atoms with Crippen LogP contribution >= 0.6 is 0 Å². The van der Waals surface area contributed by atoms with Gasteiger partial charge in [0.25, 0.3) is 10.1 Å². The van der Waals surface area contributed by atoms with Crippen LogP contribution in [0.5, 0.6) is 0 Å². The van der Waals surface area contributed by atoms with Gasteiger partial charge in [-0.3, -0.25) is 4.55 Å². The van der Waals surface area contributed by atoms with Crippen LogP contribution in [0.15, 0.2) is 0 Å². The molecule has 5 heteroatoms. The summed E-state index contributed by atoms with van der Waals surface area (Å²) in [6.07, 6.45) is 0.471. The minimum atomic E-state index is -3.67. The van der Waals surface area contributed by atoms with Gasteiger partial charge >= 0.3 is 0 Å². The Labute approximate surface area is 59.4 Å². The Bertz CT molecular complexity index is 127. The summed E-state index contributed by atoms with van der Waals surface area (Å²) in [5, 5.41) is 0. The molecule has 0 aromatic carbocycles. The Hall–Kier alpha value is 0.416. The van der Waals surface area contributed by atoms with Gasteiger partial charge in [0, 0.05) is 16.8 Å². The summed E-state index contributed by atoms with van der Waals surface area (Å²) in [6, 6.07) is 0. The molecule has 0 atom stereocenters. The molecule has 1 radical (unpaired) electrons. The number of hydrogen-bond donors (Lipinski definition) is 1. The van der Waals surface area contributed by atoms with Crippen molar-refractivity contribution in [3.63, 3.8) is 0 Å². The van der Waals surface area contributed by atoms with E-state index < -0.39 is 10.1 Å². The smallest absolute Gasteiger partial charge is 0.264 e. The molecule has 1 N–H and O–H groups in total. The minimum Gasteiger partial charge on any atom is -0.286 e. The van der Waals surface area contributed by atoms with Gasteiger partial charge in [-0.15, -0.1) is 0 Å². The zero-order valence-corrected chi connectivity index (χ0v) is 6.28. The molecule has 0 aromatic rings. The molecule has 0 spiro atoms. The van der Waals surface area contributed by atoms with Gasteiger partial charge in [0.15, 0.2) is 0 Å². The summed E-state index contributed by atoms with van der Waals surface area (Å²) in [7, 11) is -3.67. The Morgan fingerprint density at radius 1 is 1.50 bits per heavy atom. The molecule has 8 heavy (non-hydrogen) atoms. The van der Waals surface area contributed by atoms with E-state index in [1.165, 1.54) is 0 Å². The van der Waals surface area contributed by atoms with Crippen LogP contribution in [0.25, 0.3) is 0 Å². The summed E-state index contributed by atoms with van der Waals surface area (Å²) in [5.74, 6) is -0.132. The summed E-state index contributed by atoms with van der Waals surface area (Å²) < 4.78 is 27.6. The maximum Gasteiger partial charge on any atom is 0.264 e. The Kier molecular flexibility index (Phi) is 6.06. The molecule has 0 saturated heterocycles. The average molecular weight is 183 g/mol. The molecule has 0 fully saturated rings. The summed E-state index contributed by atoms with van der Waals surface area (Å²) in [4.78, 5) is 0. The van der Waals surface area contributed by atoms with Crippen LogP contribution in [0.2, 0.25) is 0 Å². The third kappa shape index (κ3) is 9.65. The molecule has 0 aromatic heterocycles. The molecule has 0 saturated carbocycles. The fourth-order valence-electron chi connectivity index (χ4n) is 0.258. The fraction of sp³-hybridized carbons (Fsp3) is 1.00. The predicted octanol–water partition coefficient (Wildman–Crippen LogP) is 0.282. The van der Waals surface area contributed by atoms with Crippen molar-refractivity contribution in [3.8, 4) is 0 Å². The maximum atomic E-state index is 9.79. The van der Waals surface area contributed by atoms with E-state index in [9.17, 15) is 8.42 Å². The zero-order valence-electron chi connectivity index (χ0n) is 4.42. The SMILES string of the molecule is CCCS(=O)(=O)O.[Co]. The van der Waals surface area contributed by atoms with Crippen molar-refractivity contribution in [1.82, 2.24) is 0 Å². The molecule has 53 valence electrons. The van der Waals surface area contributed by atoms with E-state index in [1.807, 2.05) is 0 Å². The van der Waals surface area contributed by atoms with Crippen LogP contribution in [-0.2, 0) is 26.9 Å². The molecule has 0 rings (SSSR count). The largest absolute Gasteiger partial charge is 0.286 e. The quantitative estimate of drug-likeness (QED) is 0.625. The molecular formula is C3H8CoO3S. The van der Waals surface area contributed by atoms with Crippen molar-refractivity contribution in [3.05, 3.63) is 0 Å². The first kappa shape index (κ1) is 11.2. The minimum absolute atomic E-state index is 0. The zero-order chi connectivity index (χ0) is 5.91. The second kappa shape index (κ2) is 4.31. The van der Waals surface area contributed by atoms with E-state index in [0.717, 1.165) is 0 Å². The summed E-state index contributed by atoms with van der Waals surface area (Å²) >= 11 is 0. The topological polar surface area (TPSA) is 54.4 Å². The van der Waals surface area contributed by atoms with Gasteiger partial charge in [0.2, 0.25) is 0 Å². The van der Waals surface area contributed by atoms with Crippen LogP contribution in [0.1, 0.15) is 13.3 Å². The predicted molar refractivity (Wildman–Crippen MR) is 26.7 cm³/mol. The standard InChI is InChI=1S/C3H8O3S.Co/c1-2-3-7(4,5)6;/h2-3H2,1H3,(H,4,5,6);. The Balaban J connectivity index is 0. The third-order valence-corrected chi connectivity index (χ3v) is 1.39. The van der Waals surface area contributed by atoms with Gasteiger partial charge in [0.1, 0.15) is 0 Å². The molecule has 0 amide bonds. The molecule has 0 bridgehead atoms. The van der Waals surface area contributed by atoms with E-state index in [4.69, 9.17) is 4.55 Å². The van der Waals surface area contributed by atoms with Crippen molar-refractivity contribution < 1.29 is 29.7 Å². The van der Waals surface area contributed by atoms with Gasteiger partial charge in [0.05, 0.1) is 5.75 Å². The van der Waals surface area contributed by atoms with Crippen molar-refractivity contribution in [1.29, 1.82) is 0 Å². The second-order valence-electron chi connectivity index (χ2n) is 1.29. The maximum absolute atomic E-state index is 9.79. The summed E-state index contributed by atoms with van der Waals surface area (Å²) in [6.45, 7) is 1.69. The van der Waals surface area contributed by atoms with Crippen LogP contribution in [-0.4, -0.2) is 18.7 Å². The molecule has 0 aliphatic heterocycles. The molecule has 0 heterocycles. The molecule has 0 aliphatic rings. The Morgan fingerprint density at radius 3 is 1.88 bits per heavy atom. The van der Waals surface area contributed by atoms with Crippen LogP contribution in [0.3, 0.4) is 0 Å². The van der Waals surface area contributed by atoms with Gasteiger partial charge in [-0.1, -0.05) is 6.92 Å².